The van der Waals surface area contributed by atoms with E-state index in [4.69, 9.17) is 0 Å². The predicted octanol–water partition coefficient (Wildman–Crippen LogP) is 2.80. The number of rotatable bonds is 2. The smallest absolute Gasteiger partial charge is 0.254 e. The highest BCUT2D eigenvalue weighted by molar-refractivity contribution is 7.07. The van der Waals surface area contributed by atoms with E-state index >= 15 is 0 Å². The third-order valence-corrected chi connectivity index (χ3v) is 4.30. The highest BCUT2D eigenvalue weighted by Crippen LogP contribution is 2.29. The van der Waals surface area contributed by atoms with E-state index < -0.39 is 5.54 Å². The van der Waals surface area contributed by atoms with Crippen molar-refractivity contribution in [2.75, 3.05) is 4.90 Å². The van der Waals surface area contributed by atoms with Crippen LogP contribution in [0.25, 0.3) is 0 Å². The van der Waals surface area contributed by atoms with Crippen LogP contribution in [0.3, 0.4) is 0 Å². The van der Waals surface area contributed by atoms with Crippen LogP contribution >= 0.6 is 11.3 Å². The Morgan fingerprint density at radius 2 is 1.95 bits per heavy atom. The normalized spacial score (nSPS) is 17.1. The van der Waals surface area contributed by atoms with E-state index in [9.17, 15) is 9.59 Å². The van der Waals surface area contributed by atoms with Gasteiger partial charge in [0.15, 0.2) is 0 Å². The zero-order chi connectivity index (χ0) is 15.0. The van der Waals surface area contributed by atoms with Gasteiger partial charge in [0.1, 0.15) is 5.54 Å². The lowest BCUT2D eigenvalue weighted by atomic mass is 10.0. The summed E-state index contributed by atoms with van der Waals surface area (Å²) in [6.07, 6.45) is 0. The van der Waals surface area contributed by atoms with Gasteiger partial charge < -0.3 is 10.2 Å². The number of hydrogen-bond acceptors (Lipinski definition) is 3. The monoisotopic (exact) mass is 300 g/mol. The van der Waals surface area contributed by atoms with Crippen molar-refractivity contribution in [2.24, 2.45) is 0 Å². The van der Waals surface area contributed by atoms with Gasteiger partial charge in [-0.25, -0.2) is 0 Å². The van der Waals surface area contributed by atoms with Crippen molar-refractivity contribution < 1.29 is 9.59 Å². The summed E-state index contributed by atoms with van der Waals surface area (Å²) in [5, 5.41) is 6.81. The lowest BCUT2D eigenvalue weighted by molar-refractivity contribution is -0.123. The Kier molecular flexibility index (Phi) is 3.29. The summed E-state index contributed by atoms with van der Waals surface area (Å²) in [7, 11) is 0. The number of nitrogens with zero attached hydrogens (tertiary/aromatic N) is 1. The molecule has 0 fully saturated rings. The molecule has 0 atom stereocenters. The molecule has 5 heteroatoms. The van der Waals surface area contributed by atoms with Gasteiger partial charge in [-0.05, 0) is 48.4 Å². The second-order valence-corrected chi connectivity index (χ2v) is 6.40. The molecule has 0 unspecified atom stereocenters. The van der Waals surface area contributed by atoms with Gasteiger partial charge in [0.25, 0.3) is 11.8 Å². The Bertz CT molecular complexity index is 692. The maximum absolute atomic E-state index is 12.8. The fourth-order valence-corrected chi connectivity index (χ4v) is 3.13. The number of benzene rings is 1. The second-order valence-electron chi connectivity index (χ2n) is 5.62. The summed E-state index contributed by atoms with van der Waals surface area (Å²) in [5.41, 5.74) is 1.34. The molecule has 0 saturated heterocycles. The molecule has 2 amide bonds. The van der Waals surface area contributed by atoms with Crippen molar-refractivity contribution in [2.45, 2.75) is 25.9 Å². The number of nitrogens with one attached hydrogen (secondary N) is 1. The fourth-order valence-electron chi connectivity index (χ4n) is 2.47. The lowest BCUT2D eigenvalue weighted by Crippen LogP contribution is -2.53. The van der Waals surface area contributed by atoms with Gasteiger partial charge >= 0.3 is 0 Å². The van der Waals surface area contributed by atoms with Crippen molar-refractivity contribution in [1.29, 1.82) is 0 Å². The van der Waals surface area contributed by atoms with Gasteiger partial charge in [-0.1, -0.05) is 12.1 Å². The van der Waals surface area contributed by atoms with Gasteiger partial charge in [0.2, 0.25) is 0 Å². The number of amides is 2. The van der Waals surface area contributed by atoms with Crippen LogP contribution in [-0.4, -0.2) is 17.4 Å². The molecule has 1 aliphatic heterocycles. The maximum atomic E-state index is 12.8. The molecular formula is C16H16N2O2S. The maximum Gasteiger partial charge on any atom is 0.254 e. The van der Waals surface area contributed by atoms with Crippen LogP contribution < -0.4 is 10.2 Å². The first kappa shape index (κ1) is 13.8. The van der Waals surface area contributed by atoms with Crippen LogP contribution in [-0.2, 0) is 11.3 Å². The number of para-hydroxylation sites is 1. The van der Waals surface area contributed by atoms with Gasteiger partial charge in [0.05, 0.1) is 17.8 Å². The average molecular weight is 300 g/mol. The minimum atomic E-state index is -0.924. The molecule has 2 heterocycles. The van der Waals surface area contributed by atoms with Crippen molar-refractivity contribution in [1.82, 2.24) is 5.32 Å². The van der Waals surface area contributed by atoms with Crippen LogP contribution in [0.2, 0.25) is 0 Å². The summed E-state index contributed by atoms with van der Waals surface area (Å²) < 4.78 is 0. The number of anilines is 1. The van der Waals surface area contributed by atoms with E-state index in [1.165, 1.54) is 0 Å². The Morgan fingerprint density at radius 3 is 2.67 bits per heavy atom. The quantitative estimate of drug-likeness (QED) is 0.927. The molecule has 21 heavy (non-hydrogen) atoms. The number of thiophene rings is 1. The van der Waals surface area contributed by atoms with Gasteiger partial charge in [-0.3, -0.25) is 9.59 Å². The zero-order valence-corrected chi connectivity index (χ0v) is 12.7. The van der Waals surface area contributed by atoms with E-state index in [0.717, 1.165) is 5.56 Å². The van der Waals surface area contributed by atoms with E-state index in [1.54, 1.807) is 36.2 Å². The van der Waals surface area contributed by atoms with Crippen molar-refractivity contribution in [3.05, 3.63) is 52.2 Å². The largest absolute Gasteiger partial charge is 0.338 e. The first-order chi connectivity index (χ1) is 9.99. The highest BCUT2D eigenvalue weighted by Gasteiger charge is 2.39. The predicted molar refractivity (Wildman–Crippen MR) is 83.5 cm³/mol. The molecule has 0 aliphatic carbocycles. The molecule has 4 nitrogen and oxygen atoms in total. The number of hydrogen-bond donors (Lipinski definition) is 1. The third-order valence-electron chi connectivity index (χ3n) is 3.57. The number of carbonyl (C=O) groups is 2. The summed E-state index contributed by atoms with van der Waals surface area (Å²) in [5.74, 6) is -0.316. The molecule has 1 aliphatic rings. The molecule has 0 spiro atoms. The second kappa shape index (κ2) is 5.00. The summed E-state index contributed by atoms with van der Waals surface area (Å²) in [4.78, 5) is 26.8. The summed E-state index contributed by atoms with van der Waals surface area (Å²) in [6.45, 7) is 3.94. The minimum absolute atomic E-state index is 0.105. The van der Waals surface area contributed by atoms with E-state index in [2.05, 4.69) is 5.32 Å². The van der Waals surface area contributed by atoms with E-state index in [1.807, 2.05) is 35.0 Å². The Hall–Kier alpha value is -2.14. The van der Waals surface area contributed by atoms with Crippen LogP contribution in [0, 0.1) is 0 Å². The Morgan fingerprint density at radius 1 is 1.19 bits per heavy atom. The summed E-state index contributed by atoms with van der Waals surface area (Å²) in [6, 6.07) is 9.22. The van der Waals surface area contributed by atoms with Gasteiger partial charge in [-0.15, -0.1) is 0 Å². The molecule has 0 radical (unpaired) electrons. The molecule has 0 saturated carbocycles. The number of carbonyl (C=O) groups excluding carboxylic acids is 2. The van der Waals surface area contributed by atoms with Crippen LogP contribution in [0.1, 0.15) is 29.8 Å². The van der Waals surface area contributed by atoms with Crippen LogP contribution in [0.5, 0.6) is 0 Å². The fraction of sp³-hybridized carbons (Fsp3) is 0.250. The van der Waals surface area contributed by atoms with E-state index in [-0.39, 0.29) is 11.8 Å². The van der Waals surface area contributed by atoms with Crippen molar-refractivity contribution in [3.63, 3.8) is 0 Å². The SMILES string of the molecule is CC1(C)NC(=O)c2ccccc2N(Cc2ccsc2)C1=O. The van der Waals surface area contributed by atoms with Gasteiger partial charge in [0, 0.05) is 0 Å². The lowest BCUT2D eigenvalue weighted by Gasteiger charge is -2.29. The van der Waals surface area contributed by atoms with Gasteiger partial charge in [-0.2, -0.15) is 11.3 Å². The van der Waals surface area contributed by atoms with E-state index in [0.29, 0.717) is 17.8 Å². The Balaban J connectivity index is 2.11. The van der Waals surface area contributed by atoms with Crippen molar-refractivity contribution >= 4 is 28.8 Å². The zero-order valence-electron chi connectivity index (χ0n) is 11.9. The molecule has 0 bridgehead atoms. The topological polar surface area (TPSA) is 49.4 Å². The average Bonchev–Trinajstić information content (AvgIpc) is 2.94. The molecule has 1 aromatic carbocycles. The molecule has 1 N–H and O–H groups in total. The summed E-state index contributed by atoms with van der Waals surface area (Å²) >= 11 is 1.60. The third kappa shape index (κ3) is 2.45. The Labute approximate surface area is 127 Å². The molecule has 3 rings (SSSR count). The molecular weight excluding hydrogens is 284 g/mol. The number of fused-ring (bicyclic) bond motifs is 1. The molecule has 2 aromatic rings. The molecule has 108 valence electrons. The van der Waals surface area contributed by atoms with Crippen LogP contribution in [0.15, 0.2) is 41.1 Å². The molecule has 1 aromatic heterocycles. The standard InChI is InChI=1S/C16H16N2O2S/c1-16(2)15(20)18(9-11-7-8-21-10-11)13-6-4-3-5-12(13)14(19)17-16/h3-8,10H,9H2,1-2H3,(H,17,19). The highest BCUT2D eigenvalue weighted by atomic mass is 32.1. The van der Waals surface area contributed by atoms with Crippen LogP contribution in [0.4, 0.5) is 5.69 Å². The minimum Gasteiger partial charge on any atom is -0.338 e. The first-order valence-electron chi connectivity index (χ1n) is 6.73. The van der Waals surface area contributed by atoms with Crippen molar-refractivity contribution in [3.8, 4) is 0 Å². The first-order valence-corrected chi connectivity index (χ1v) is 7.68.